The Morgan fingerprint density at radius 3 is 2.54 bits per heavy atom. The molecule has 0 aliphatic carbocycles. The summed E-state index contributed by atoms with van der Waals surface area (Å²) in [6.07, 6.45) is 2.42. The number of phenolic OH excluding ortho intramolecular Hbond substituents is 1. The minimum absolute atomic E-state index is 0.00806. The maximum absolute atomic E-state index is 13.3. The Labute approximate surface area is 212 Å². The summed E-state index contributed by atoms with van der Waals surface area (Å²) in [5.41, 5.74) is 2.96. The number of fused-ring (bicyclic) bond motifs is 2. The molecule has 0 saturated carbocycles. The van der Waals surface area contributed by atoms with Gasteiger partial charge in [0.2, 0.25) is 0 Å². The molecule has 1 atom stereocenters. The van der Waals surface area contributed by atoms with Crippen LogP contribution in [0.5, 0.6) is 17.2 Å². The number of hydrogen-bond donors (Lipinski definition) is 3. The topological polar surface area (TPSA) is 112 Å². The van der Waals surface area contributed by atoms with Gasteiger partial charge in [0.25, 0.3) is 11.7 Å². The number of ketones is 1. The third-order valence-electron chi connectivity index (χ3n) is 6.86. The van der Waals surface area contributed by atoms with Crippen molar-refractivity contribution in [2.45, 2.75) is 12.5 Å². The molecule has 6 rings (SSSR count). The van der Waals surface area contributed by atoms with E-state index in [9.17, 15) is 19.8 Å². The number of aromatic nitrogens is 1. The van der Waals surface area contributed by atoms with Crippen LogP contribution in [0.25, 0.3) is 16.7 Å². The van der Waals surface area contributed by atoms with Gasteiger partial charge in [-0.2, -0.15) is 0 Å². The average molecular weight is 497 g/mol. The number of likely N-dealkylation sites (tertiary alicyclic amines) is 1. The summed E-state index contributed by atoms with van der Waals surface area (Å²) in [6, 6.07) is 18.3. The lowest BCUT2D eigenvalue weighted by Crippen LogP contribution is -2.31. The molecule has 1 saturated heterocycles. The lowest BCUT2D eigenvalue weighted by molar-refractivity contribution is -0.139. The number of hydrogen-bond acceptors (Lipinski definition) is 6. The molecule has 0 radical (unpaired) electrons. The Hall–Kier alpha value is -4.72. The number of para-hydroxylation sites is 1. The van der Waals surface area contributed by atoms with Crippen molar-refractivity contribution < 1.29 is 29.3 Å². The van der Waals surface area contributed by atoms with Gasteiger partial charge in [-0.3, -0.25) is 9.59 Å². The first-order valence-electron chi connectivity index (χ1n) is 12.0. The number of aliphatic hydroxyl groups excluding tert-OH is 1. The zero-order chi connectivity index (χ0) is 25.5. The third kappa shape index (κ3) is 3.96. The lowest BCUT2D eigenvalue weighted by atomic mass is 9.95. The standard InChI is InChI=1S/C29H24N2O6/c32-20-8-5-17(6-9-20)26-25(27(33)18-7-10-23-24(15-18)37-14-13-36-23)28(34)29(35)31(26)12-11-19-16-30-22-4-2-1-3-21(19)22/h1-10,15-16,26,30,32-33H,11-14H2/b27-25-. The summed E-state index contributed by atoms with van der Waals surface area (Å²) in [5, 5.41) is 22.2. The second-order valence-corrected chi connectivity index (χ2v) is 9.05. The van der Waals surface area contributed by atoms with Gasteiger partial charge in [0.15, 0.2) is 11.5 Å². The molecule has 37 heavy (non-hydrogen) atoms. The van der Waals surface area contributed by atoms with E-state index in [1.165, 1.54) is 17.0 Å². The van der Waals surface area contributed by atoms with Crippen LogP contribution in [0.4, 0.5) is 0 Å². The smallest absolute Gasteiger partial charge is 0.295 e. The number of carbonyl (C=O) groups excluding carboxylic acids is 2. The van der Waals surface area contributed by atoms with E-state index in [2.05, 4.69) is 4.98 Å². The van der Waals surface area contributed by atoms with Crippen LogP contribution >= 0.6 is 0 Å². The molecule has 1 aromatic heterocycles. The number of nitrogens with zero attached hydrogens (tertiary/aromatic N) is 1. The van der Waals surface area contributed by atoms with Crippen LogP contribution in [-0.4, -0.2) is 51.5 Å². The summed E-state index contributed by atoms with van der Waals surface area (Å²) in [7, 11) is 0. The van der Waals surface area contributed by atoms with Crippen LogP contribution in [0, 0.1) is 0 Å². The second kappa shape index (κ2) is 9.05. The summed E-state index contributed by atoms with van der Waals surface area (Å²) >= 11 is 0. The zero-order valence-corrected chi connectivity index (χ0v) is 19.8. The van der Waals surface area contributed by atoms with Crippen molar-refractivity contribution in [1.29, 1.82) is 0 Å². The Kier molecular flexibility index (Phi) is 5.56. The molecule has 1 amide bonds. The number of aromatic hydroxyl groups is 1. The molecule has 3 N–H and O–H groups in total. The first-order chi connectivity index (χ1) is 18.0. The molecular formula is C29H24N2O6. The molecule has 0 bridgehead atoms. The van der Waals surface area contributed by atoms with Crippen molar-refractivity contribution >= 4 is 28.4 Å². The summed E-state index contributed by atoms with van der Waals surface area (Å²) in [5.74, 6) is -0.655. The number of H-pyrrole nitrogens is 1. The van der Waals surface area contributed by atoms with Gasteiger partial charge in [-0.1, -0.05) is 30.3 Å². The van der Waals surface area contributed by atoms with Gasteiger partial charge >= 0.3 is 0 Å². The quantitative estimate of drug-likeness (QED) is 0.216. The van der Waals surface area contributed by atoms with Gasteiger partial charge in [-0.15, -0.1) is 0 Å². The minimum atomic E-state index is -0.820. The number of aromatic amines is 1. The van der Waals surface area contributed by atoms with Crippen LogP contribution in [0.15, 0.2) is 78.5 Å². The largest absolute Gasteiger partial charge is 0.508 e. The fourth-order valence-corrected chi connectivity index (χ4v) is 5.04. The van der Waals surface area contributed by atoms with E-state index in [1.54, 1.807) is 30.3 Å². The Bertz CT molecular complexity index is 1550. The molecule has 1 unspecified atom stereocenters. The number of carbonyl (C=O) groups is 2. The number of aliphatic hydroxyl groups is 1. The molecule has 0 spiro atoms. The van der Waals surface area contributed by atoms with Gasteiger partial charge in [-0.25, -0.2) is 0 Å². The SMILES string of the molecule is O=C1C(=O)N(CCc2c[nH]c3ccccc23)C(c2ccc(O)cc2)/C1=C(/O)c1ccc2c(c1)OCCO2. The number of Topliss-reactive ketones (excluding diaryl/α,β-unsaturated/α-hetero) is 1. The highest BCUT2D eigenvalue weighted by Crippen LogP contribution is 2.41. The van der Waals surface area contributed by atoms with Gasteiger partial charge < -0.3 is 29.6 Å². The van der Waals surface area contributed by atoms with Crippen LogP contribution in [-0.2, 0) is 16.0 Å². The highest BCUT2D eigenvalue weighted by atomic mass is 16.6. The predicted octanol–water partition coefficient (Wildman–Crippen LogP) is 4.31. The fourth-order valence-electron chi connectivity index (χ4n) is 5.04. The van der Waals surface area contributed by atoms with E-state index in [0.717, 1.165) is 16.5 Å². The van der Waals surface area contributed by atoms with Crippen LogP contribution in [0.2, 0.25) is 0 Å². The van der Waals surface area contributed by atoms with Crippen molar-refractivity contribution in [3.05, 3.63) is 95.2 Å². The first-order valence-corrected chi connectivity index (χ1v) is 12.0. The van der Waals surface area contributed by atoms with Gasteiger partial charge in [0, 0.05) is 29.2 Å². The molecule has 1 fully saturated rings. The third-order valence-corrected chi connectivity index (χ3v) is 6.86. The van der Waals surface area contributed by atoms with Crippen molar-refractivity contribution in [3.8, 4) is 17.2 Å². The maximum atomic E-state index is 13.3. The molecule has 4 aromatic rings. The highest BCUT2D eigenvalue weighted by Gasteiger charge is 2.46. The normalized spacial score (nSPS) is 18.5. The van der Waals surface area contributed by atoms with Crippen molar-refractivity contribution in [3.63, 3.8) is 0 Å². The minimum Gasteiger partial charge on any atom is -0.508 e. The van der Waals surface area contributed by atoms with E-state index in [0.29, 0.717) is 42.3 Å². The fraction of sp³-hybridized carbons (Fsp3) is 0.172. The van der Waals surface area contributed by atoms with Crippen molar-refractivity contribution in [1.82, 2.24) is 9.88 Å². The van der Waals surface area contributed by atoms with Crippen molar-refractivity contribution in [2.75, 3.05) is 19.8 Å². The Morgan fingerprint density at radius 2 is 1.73 bits per heavy atom. The van der Waals surface area contributed by atoms with Gasteiger partial charge in [0.1, 0.15) is 24.7 Å². The average Bonchev–Trinajstić information content (AvgIpc) is 3.45. The number of phenols is 1. The molecule has 2 aliphatic heterocycles. The molecule has 8 nitrogen and oxygen atoms in total. The molecule has 8 heteroatoms. The van der Waals surface area contributed by atoms with E-state index < -0.39 is 17.7 Å². The van der Waals surface area contributed by atoms with Gasteiger partial charge in [-0.05, 0) is 53.9 Å². The molecule has 3 aromatic carbocycles. The van der Waals surface area contributed by atoms with Crippen LogP contribution in [0.3, 0.4) is 0 Å². The number of ether oxygens (including phenoxy) is 2. The summed E-state index contributed by atoms with van der Waals surface area (Å²) in [4.78, 5) is 31.3. The predicted molar refractivity (Wildman–Crippen MR) is 137 cm³/mol. The Morgan fingerprint density at radius 1 is 0.973 bits per heavy atom. The summed E-state index contributed by atoms with van der Waals surface area (Å²) in [6.45, 7) is 1.07. The maximum Gasteiger partial charge on any atom is 0.295 e. The van der Waals surface area contributed by atoms with Gasteiger partial charge in [0.05, 0.1) is 11.6 Å². The van der Waals surface area contributed by atoms with E-state index in [-0.39, 0.29) is 23.6 Å². The monoisotopic (exact) mass is 496 g/mol. The highest BCUT2D eigenvalue weighted by molar-refractivity contribution is 6.46. The first kappa shape index (κ1) is 22.7. The number of nitrogens with one attached hydrogen (secondary N) is 1. The summed E-state index contributed by atoms with van der Waals surface area (Å²) < 4.78 is 11.2. The van der Waals surface area contributed by atoms with E-state index in [4.69, 9.17) is 9.47 Å². The molecule has 3 heterocycles. The molecule has 186 valence electrons. The van der Waals surface area contributed by atoms with E-state index >= 15 is 0 Å². The van der Waals surface area contributed by atoms with E-state index in [1.807, 2.05) is 30.5 Å². The van der Waals surface area contributed by atoms with Crippen LogP contribution in [0.1, 0.15) is 22.7 Å². The number of amides is 1. The number of benzene rings is 3. The second-order valence-electron chi connectivity index (χ2n) is 9.05. The molecule has 2 aliphatic rings. The molecular weight excluding hydrogens is 472 g/mol. The van der Waals surface area contributed by atoms with Crippen LogP contribution < -0.4 is 9.47 Å². The zero-order valence-electron chi connectivity index (χ0n) is 19.8. The Balaban J connectivity index is 1.41. The number of rotatable bonds is 5. The lowest BCUT2D eigenvalue weighted by Gasteiger charge is -2.25. The van der Waals surface area contributed by atoms with Crippen molar-refractivity contribution in [2.24, 2.45) is 0 Å².